The van der Waals surface area contributed by atoms with Crippen LogP contribution in [0.2, 0.25) is 0 Å². The van der Waals surface area contributed by atoms with Crippen molar-refractivity contribution >= 4 is 35.2 Å². The predicted molar refractivity (Wildman–Crippen MR) is 118 cm³/mol. The van der Waals surface area contributed by atoms with Gasteiger partial charge >= 0.3 is 0 Å². The van der Waals surface area contributed by atoms with Crippen molar-refractivity contribution in [3.63, 3.8) is 0 Å². The number of hydrogen-bond donors (Lipinski definition) is 1. The Balaban J connectivity index is 1.35. The number of methoxy groups -OCH3 is 1. The Kier molecular flexibility index (Phi) is 5.86. The van der Waals surface area contributed by atoms with Gasteiger partial charge in [-0.25, -0.2) is 0 Å². The highest BCUT2D eigenvalue weighted by molar-refractivity contribution is 8.04. The van der Waals surface area contributed by atoms with Crippen LogP contribution >= 0.6 is 11.8 Å². The predicted octanol–water partition coefficient (Wildman–Crippen LogP) is 5.04. The molecule has 1 aliphatic rings. The Bertz CT molecular complexity index is 1120. The number of Topliss-reactive ketones (excluding diaryl/α,β-unsaturated/α-hetero) is 1. The van der Waals surface area contributed by atoms with Gasteiger partial charge in [-0.15, -0.1) is 0 Å². The molecule has 0 spiro atoms. The molecule has 30 heavy (non-hydrogen) atoms. The number of allylic oxidation sites excluding steroid dienone is 1. The normalized spacial score (nSPS) is 13.8. The first-order valence-electron chi connectivity index (χ1n) is 9.33. The van der Waals surface area contributed by atoms with E-state index in [0.717, 1.165) is 16.0 Å². The van der Waals surface area contributed by atoms with Crippen LogP contribution in [0, 0.1) is 0 Å². The van der Waals surface area contributed by atoms with Crippen molar-refractivity contribution in [3.05, 3.63) is 88.8 Å². The molecule has 0 saturated carbocycles. The molecule has 0 aromatic heterocycles. The second-order valence-electron chi connectivity index (χ2n) is 6.54. The summed E-state index contributed by atoms with van der Waals surface area (Å²) in [5.41, 5.74) is 2.23. The third kappa shape index (κ3) is 4.39. The third-order valence-corrected chi connectivity index (χ3v) is 5.60. The molecule has 1 N–H and O–H groups in total. The molecule has 1 amide bonds. The molecule has 4 rings (SSSR count). The Morgan fingerprint density at radius 3 is 2.50 bits per heavy atom. The minimum atomic E-state index is -0.281. The van der Waals surface area contributed by atoms with E-state index in [-0.39, 0.29) is 18.3 Å². The fourth-order valence-corrected chi connectivity index (χ4v) is 4.08. The van der Waals surface area contributed by atoms with E-state index in [1.54, 1.807) is 31.4 Å². The molecule has 0 saturated heterocycles. The van der Waals surface area contributed by atoms with Crippen molar-refractivity contribution < 1.29 is 19.1 Å². The molecule has 5 nitrogen and oxygen atoms in total. The lowest BCUT2D eigenvalue weighted by atomic mass is 10.1. The quantitative estimate of drug-likeness (QED) is 0.569. The van der Waals surface area contributed by atoms with E-state index >= 15 is 0 Å². The van der Waals surface area contributed by atoms with Gasteiger partial charge in [-0.1, -0.05) is 48.2 Å². The molecule has 0 atom stereocenters. The van der Waals surface area contributed by atoms with Gasteiger partial charge in [-0.05, 0) is 48.0 Å². The molecule has 0 unspecified atom stereocenters. The van der Waals surface area contributed by atoms with Gasteiger partial charge in [0.15, 0.2) is 6.61 Å². The number of benzene rings is 3. The second kappa shape index (κ2) is 8.88. The van der Waals surface area contributed by atoms with Crippen LogP contribution in [0.3, 0.4) is 0 Å². The summed E-state index contributed by atoms with van der Waals surface area (Å²) in [7, 11) is 1.55. The van der Waals surface area contributed by atoms with Gasteiger partial charge in [0.05, 0.1) is 17.7 Å². The molecule has 3 aromatic carbocycles. The average molecular weight is 417 g/mol. The van der Waals surface area contributed by atoms with E-state index in [4.69, 9.17) is 9.47 Å². The summed E-state index contributed by atoms with van der Waals surface area (Å²) < 4.78 is 10.8. The smallest absolute Gasteiger partial charge is 0.262 e. The highest BCUT2D eigenvalue weighted by Gasteiger charge is 2.25. The summed E-state index contributed by atoms with van der Waals surface area (Å²) in [6.07, 6.45) is 1.87. The fraction of sp³-hybridized carbons (Fsp3) is 0.0833. The molecule has 0 bridgehead atoms. The van der Waals surface area contributed by atoms with Crippen molar-refractivity contribution in [2.24, 2.45) is 0 Å². The lowest BCUT2D eigenvalue weighted by molar-refractivity contribution is -0.118. The van der Waals surface area contributed by atoms with Crippen LogP contribution in [0.25, 0.3) is 6.08 Å². The molecule has 0 aliphatic carbocycles. The number of rotatable bonds is 6. The maximum Gasteiger partial charge on any atom is 0.262 e. The zero-order valence-corrected chi connectivity index (χ0v) is 17.1. The van der Waals surface area contributed by atoms with Gasteiger partial charge in [0, 0.05) is 10.5 Å². The van der Waals surface area contributed by atoms with Crippen LogP contribution in [0.15, 0.2) is 82.6 Å². The zero-order valence-electron chi connectivity index (χ0n) is 16.3. The molecule has 1 heterocycles. The van der Waals surface area contributed by atoms with E-state index < -0.39 is 0 Å². The lowest BCUT2D eigenvalue weighted by Crippen LogP contribution is -2.20. The van der Waals surface area contributed by atoms with Crippen LogP contribution < -0.4 is 14.8 Å². The summed E-state index contributed by atoms with van der Waals surface area (Å²) in [6, 6.07) is 22.1. The van der Waals surface area contributed by atoms with Crippen LogP contribution in [0.1, 0.15) is 15.9 Å². The first-order valence-corrected chi connectivity index (χ1v) is 10.1. The van der Waals surface area contributed by atoms with Crippen molar-refractivity contribution in [2.75, 3.05) is 19.0 Å². The third-order valence-electron chi connectivity index (χ3n) is 4.50. The monoisotopic (exact) mass is 417 g/mol. The van der Waals surface area contributed by atoms with E-state index in [1.807, 2.05) is 54.6 Å². The van der Waals surface area contributed by atoms with Crippen LogP contribution in [0.4, 0.5) is 5.69 Å². The van der Waals surface area contributed by atoms with Crippen LogP contribution in [-0.2, 0) is 4.79 Å². The number of ketones is 1. The van der Waals surface area contributed by atoms with Gasteiger partial charge in [-0.2, -0.15) is 0 Å². The number of carbonyl (C=O) groups is 2. The minimum absolute atomic E-state index is 0.0453. The molecule has 0 radical (unpaired) electrons. The molecule has 150 valence electrons. The Morgan fingerprint density at radius 1 is 1.00 bits per heavy atom. The average Bonchev–Trinajstić information content (AvgIpc) is 3.09. The summed E-state index contributed by atoms with van der Waals surface area (Å²) >= 11 is 1.48. The molecular weight excluding hydrogens is 398 g/mol. The Hall–Kier alpha value is -3.51. The summed E-state index contributed by atoms with van der Waals surface area (Å²) in [5, 5.41) is 2.77. The fourth-order valence-electron chi connectivity index (χ4n) is 3.03. The van der Waals surface area contributed by atoms with Crippen molar-refractivity contribution in [3.8, 4) is 11.5 Å². The van der Waals surface area contributed by atoms with Crippen LogP contribution in [0.5, 0.6) is 11.5 Å². The SMILES string of the molecule is COc1ccccc1NC(=O)COc1ccc(/C=C2/Sc3ccccc3C2=O)cc1. The highest BCUT2D eigenvalue weighted by atomic mass is 32.2. The van der Waals surface area contributed by atoms with E-state index in [9.17, 15) is 9.59 Å². The molecule has 0 fully saturated rings. The van der Waals surface area contributed by atoms with E-state index in [0.29, 0.717) is 22.1 Å². The van der Waals surface area contributed by atoms with E-state index in [1.165, 1.54) is 11.8 Å². The maximum atomic E-state index is 12.5. The standard InChI is InChI=1S/C24H19NO4S/c1-28-20-8-4-3-7-19(20)25-23(26)15-29-17-12-10-16(11-13-17)14-22-24(27)18-6-2-5-9-21(18)30-22/h2-14H,15H2,1H3,(H,25,26)/b22-14+. The molecule has 6 heteroatoms. The number of ether oxygens (including phenoxy) is 2. The number of thioether (sulfide) groups is 1. The van der Waals surface area contributed by atoms with Gasteiger partial charge < -0.3 is 14.8 Å². The zero-order chi connectivity index (χ0) is 20.9. The number of anilines is 1. The van der Waals surface area contributed by atoms with Gasteiger partial charge in [-0.3, -0.25) is 9.59 Å². The number of carbonyl (C=O) groups excluding carboxylic acids is 2. The van der Waals surface area contributed by atoms with Crippen molar-refractivity contribution in [2.45, 2.75) is 4.90 Å². The van der Waals surface area contributed by atoms with Crippen molar-refractivity contribution in [1.29, 1.82) is 0 Å². The largest absolute Gasteiger partial charge is 0.495 e. The number of nitrogens with one attached hydrogen (secondary N) is 1. The topological polar surface area (TPSA) is 64.6 Å². The van der Waals surface area contributed by atoms with Crippen LogP contribution in [-0.4, -0.2) is 25.4 Å². The Labute approximate surface area is 178 Å². The van der Waals surface area contributed by atoms with E-state index in [2.05, 4.69) is 5.32 Å². The van der Waals surface area contributed by atoms with Gasteiger partial charge in [0.1, 0.15) is 11.5 Å². The molecule has 1 aliphatic heterocycles. The summed E-state index contributed by atoms with van der Waals surface area (Å²) in [5.74, 6) is 0.922. The summed E-state index contributed by atoms with van der Waals surface area (Å²) in [4.78, 5) is 26.3. The Morgan fingerprint density at radius 2 is 1.73 bits per heavy atom. The maximum absolute atomic E-state index is 12.5. The number of amides is 1. The number of fused-ring (bicyclic) bond motifs is 1. The highest BCUT2D eigenvalue weighted by Crippen LogP contribution is 2.40. The first kappa shape index (κ1) is 19.8. The van der Waals surface area contributed by atoms with Gasteiger partial charge in [0.25, 0.3) is 5.91 Å². The molecular formula is C24H19NO4S. The minimum Gasteiger partial charge on any atom is -0.495 e. The number of para-hydroxylation sites is 2. The first-order chi connectivity index (χ1) is 14.6. The van der Waals surface area contributed by atoms with Crippen molar-refractivity contribution in [1.82, 2.24) is 0 Å². The summed E-state index contributed by atoms with van der Waals surface area (Å²) in [6.45, 7) is -0.123. The molecule has 3 aromatic rings. The second-order valence-corrected chi connectivity index (χ2v) is 7.63. The van der Waals surface area contributed by atoms with Gasteiger partial charge in [0.2, 0.25) is 5.78 Å². The number of hydrogen-bond acceptors (Lipinski definition) is 5. The lowest BCUT2D eigenvalue weighted by Gasteiger charge is -2.10.